The van der Waals surface area contributed by atoms with Gasteiger partial charge in [-0.1, -0.05) is 97.1 Å². The Bertz CT molecular complexity index is 1520. The molecule has 0 spiro atoms. The highest BCUT2D eigenvalue weighted by atomic mass is 19.1. The number of rotatable bonds is 5. The van der Waals surface area contributed by atoms with E-state index in [1.54, 1.807) is 29.2 Å². The van der Waals surface area contributed by atoms with Crippen molar-refractivity contribution in [1.82, 2.24) is 0 Å². The minimum atomic E-state index is -0.583. The fourth-order valence-corrected chi connectivity index (χ4v) is 4.85. The number of benzene rings is 5. The molecular formula is C34H29F2N. The summed E-state index contributed by atoms with van der Waals surface area (Å²) in [5.74, 6) is -0.777. The predicted octanol–water partition coefficient (Wildman–Crippen LogP) is 9.90. The van der Waals surface area contributed by atoms with E-state index < -0.39 is 11.4 Å². The molecule has 0 unspecified atom stereocenters. The Morgan fingerprint density at radius 2 is 1.08 bits per heavy atom. The van der Waals surface area contributed by atoms with Crippen molar-refractivity contribution in [1.29, 1.82) is 0 Å². The lowest BCUT2D eigenvalue weighted by molar-refractivity contribution is 0.527. The normalized spacial score (nSPS) is 11.4. The molecule has 0 heterocycles. The Morgan fingerprint density at radius 3 is 1.73 bits per heavy atom. The fraction of sp³-hybridized carbons (Fsp3) is 0.118. The van der Waals surface area contributed by atoms with E-state index in [0.717, 1.165) is 27.8 Å². The number of nitrogens with zero attached hydrogens (tertiary/aromatic N) is 1. The quantitative estimate of drug-likeness (QED) is 0.237. The lowest BCUT2D eigenvalue weighted by atomic mass is 9.90. The van der Waals surface area contributed by atoms with Crippen LogP contribution in [0.5, 0.6) is 0 Å². The molecule has 0 aliphatic rings. The second-order valence-corrected chi connectivity index (χ2v) is 10.1. The van der Waals surface area contributed by atoms with Gasteiger partial charge >= 0.3 is 0 Å². The van der Waals surface area contributed by atoms with Crippen LogP contribution in [-0.2, 0) is 0 Å². The Hall–Kier alpha value is -4.24. The van der Waals surface area contributed by atoms with Gasteiger partial charge in [-0.05, 0) is 72.9 Å². The minimum absolute atomic E-state index is 0.331. The van der Waals surface area contributed by atoms with Gasteiger partial charge in [0.1, 0.15) is 5.82 Å². The summed E-state index contributed by atoms with van der Waals surface area (Å²) in [4.78, 5) is 1.75. The molecule has 0 amide bonds. The van der Waals surface area contributed by atoms with Gasteiger partial charge < -0.3 is 4.90 Å². The molecule has 1 nitrogen and oxygen atoms in total. The fourth-order valence-electron chi connectivity index (χ4n) is 4.85. The maximum atomic E-state index is 16.9. The third-order valence-corrected chi connectivity index (χ3v) is 6.47. The van der Waals surface area contributed by atoms with E-state index in [1.807, 2.05) is 112 Å². The van der Waals surface area contributed by atoms with Gasteiger partial charge in [-0.15, -0.1) is 0 Å². The maximum Gasteiger partial charge on any atom is 0.155 e. The molecule has 0 N–H and O–H groups in total. The van der Waals surface area contributed by atoms with Crippen LogP contribution < -0.4 is 4.90 Å². The number of para-hydroxylation sites is 1. The summed E-state index contributed by atoms with van der Waals surface area (Å²) in [6.07, 6.45) is 0. The molecule has 0 aliphatic heterocycles. The Labute approximate surface area is 217 Å². The molecule has 0 aromatic heterocycles. The molecule has 5 aromatic carbocycles. The van der Waals surface area contributed by atoms with E-state index in [9.17, 15) is 0 Å². The summed E-state index contributed by atoms with van der Waals surface area (Å²) in [6.45, 7) is 5.87. The van der Waals surface area contributed by atoms with E-state index in [4.69, 9.17) is 0 Å². The molecule has 0 saturated carbocycles. The summed E-state index contributed by atoms with van der Waals surface area (Å²) in [5.41, 5.74) is 5.11. The van der Waals surface area contributed by atoms with Gasteiger partial charge in [0.2, 0.25) is 0 Å². The smallest absolute Gasteiger partial charge is 0.155 e. The molecular weight excluding hydrogens is 460 g/mol. The van der Waals surface area contributed by atoms with Crippen molar-refractivity contribution in [3.8, 4) is 33.4 Å². The van der Waals surface area contributed by atoms with Crippen molar-refractivity contribution in [2.24, 2.45) is 0 Å². The minimum Gasteiger partial charge on any atom is -0.331 e. The zero-order valence-electron chi connectivity index (χ0n) is 21.3. The van der Waals surface area contributed by atoms with Crippen molar-refractivity contribution in [3.63, 3.8) is 0 Å². The number of hydrogen-bond acceptors (Lipinski definition) is 1. The first-order valence-electron chi connectivity index (χ1n) is 12.4. The van der Waals surface area contributed by atoms with Gasteiger partial charge in [0.15, 0.2) is 5.82 Å². The lowest BCUT2D eigenvalue weighted by Gasteiger charge is -2.38. The van der Waals surface area contributed by atoms with Gasteiger partial charge in [0, 0.05) is 11.1 Å². The zero-order chi connectivity index (χ0) is 26.0. The summed E-state index contributed by atoms with van der Waals surface area (Å²) in [6, 6.07) is 38.1. The second kappa shape index (κ2) is 10.0. The average Bonchev–Trinajstić information content (AvgIpc) is 2.91. The van der Waals surface area contributed by atoms with Crippen LogP contribution in [0.3, 0.4) is 0 Å². The third-order valence-electron chi connectivity index (χ3n) is 6.47. The van der Waals surface area contributed by atoms with Crippen LogP contribution in [0.2, 0.25) is 0 Å². The summed E-state index contributed by atoms with van der Waals surface area (Å²) < 4.78 is 31.9. The molecule has 0 radical (unpaired) electrons. The van der Waals surface area contributed by atoms with Crippen LogP contribution in [0.1, 0.15) is 20.8 Å². The predicted molar refractivity (Wildman–Crippen MR) is 151 cm³/mol. The SMILES string of the molecule is CC(C)(C)N(c1ccccc1F)c1ccc(-c2ccccc2)c(-c2cccc(-c3ccccc3)c2)c1F. The molecule has 0 aliphatic carbocycles. The van der Waals surface area contributed by atoms with Crippen molar-refractivity contribution in [2.75, 3.05) is 4.90 Å². The molecule has 5 rings (SSSR count). The molecule has 3 heteroatoms. The summed E-state index contributed by atoms with van der Waals surface area (Å²) >= 11 is 0. The monoisotopic (exact) mass is 489 g/mol. The molecule has 5 aromatic rings. The number of halogens is 2. The van der Waals surface area contributed by atoms with E-state index in [1.165, 1.54) is 6.07 Å². The van der Waals surface area contributed by atoms with Gasteiger partial charge in [-0.3, -0.25) is 0 Å². The Morgan fingerprint density at radius 1 is 0.514 bits per heavy atom. The maximum absolute atomic E-state index is 16.9. The Kier molecular flexibility index (Phi) is 6.62. The van der Waals surface area contributed by atoms with Crippen LogP contribution in [-0.4, -0.2) is 5.54 Å². The van der Waals surface area contributed by atoms with Crippen molar-refractivity contribution in [3.05, 3.63) is 133 Å². The van der Waals surface area contributed by atoms with E-state index in [0.29, 0.717) is 16.9 Å². The molecule has 184 valence electrons. The zero-order valence-corrected chi connectivity index (χ0v) is 21.3. The molecule has 0 saturated heterocycles. The first-order chi connectivity index (χ1) is 17.8. The van der Waals surface area contributed by atoms with Gasteiger partial charge in [0.25, 0.3) is 0 Å². The van der Waals surface area contributed by atoms with Crippen LogP contribution in [0, 0.1) is 11.6 Å². The first-order valence-corrected chi connectivity index (χ1v) is 12.4. The van der Waals surface area contributed by atoms with Crippen LogP contribution in [0.15, 0.2) is 121 Å². The van der Waals surface area contributed by atoms with E-state index in [-0.39, 0.29) is 5.82 Å². The third kappa shape index (κ3) is 4.90. The number of anilines is 2. The van der Waals surface area contributed by atoms with Gasteiger partial charge in [0.05, 0.1) is 11.4 Å². The molecule has 0 fully saturated rings. The van der Waals surface area contributed by atoms with Gasteiger partial charge in [-0.25, -0.2) is 8.78 Å². The summed E-state index contributed by atoms with van der Waals surface area (Å²) in [7, 11) is 0. The second-order valence-electron chi connectivity index (χ2n) is 10.1. The largest absolute Gasteiger partial charge is 0.331 e. The topological polar surface area (TPSA) is 3.24 Å². The standard InChI is InChI=1S/C34H29F2N/c1-34(2,3)37(30-20-11-10-19-29(30)35)31-22-21-28(25-15-8-5-9-16-25)32(33(31)36)27-18-12-17-26(23-27)24-13-6-4-7-14-24/h4-23H,1-3H3. The first kappa shape index (κ1) is 24.5. The van der Waals surface area contributed by atoms with Crippen LogP contribution in [0.25, 0.3) is 33.4 Å². The van der Waals surface area contributed by atoms with Crippen LogP contribution in [0.4, 0.5) is 20.2 Å². The van der Waals surface area contributed by atoms with Crippen molar-refractivity contribution < 1.29 is 8.78 Å². The Balaban J connectivity index is 1.78. The van der Waals surface area contributed by atoms with Crippen LogP contribution >= 0.6 is 0 Å². The summed E-state index contributed by atoms with van der Waals surface area (Å²) in [5, 5.41) is 0. The molecule has 0 atom stereocenters. The molecule has 37 heavy (non-hydrogen) atoms. The van der Waals surface area contributed by atoms with Crippen molar-refractivity contribution >= 4 is 11.4 Å². The highest BCUT2D eigenvalue weighted by Crippen LogP contribution is 2.44. The van der Waals surface area contributed by atoms with Gasteiger partial charge in [-0.2, -0.15) is 0 Å². The van der Waals surface area contributed by atoms with Crippen molar-refractivity contribution in [2.45, 2.75) is 26.3 Å². The molecule has 0 bridgehead atoms. The highest BCUT2D eigenvalue weighted by molar-refractivity contribution is 5.89. The number of hydrogen-bond donors (Lipinski definition) is 0. The average molecular weight is 490 g/mol. The van der Waals surface area contributed by atoms with E-state index in [2.05, 4.69) is 0 Å². The van der Waals surface area contributed by atoms with E-state index >= 15 is 8.78 Å². The highest BCUT2D eigenvalue weighted by Gasteiger charge is 2.30. The lowest BCUT2D eigenvalue weighted by Crippen LogP contribution is -2.38.